The standard InChI is InChI=1S/C15H30N2/c1-4-16-14-9-5-6-10-15(14)17-11-7-8-12(2)13(17)3/h12-16H,4-11H2,1-3H3. The van der Waals surface area contributed by atoms with Crippen LogP contribution in [0.25, 0.3) is 0 Å². The van der Waals surface area contributed by atoms with Crippen molar-refractivity contribution in [1.29, 1.82) is 0 Å². The van der Waals surface area contributed by atoms with Gasteiger partial charge in [0.1, 0.15) is 0 Å². The third-order valence-electron chi connectivity index (χ3n) is 5.04. The smallest absolute Gasteiger partial charge is 0.0252 e. The minimum absolute atomic E-state index is 0.751. The molecule has 0 amide bonds. The fourth-order valence-electron chi connectivity index (χ4n) is 3.84. The molecule has 1 saturated heterocycles. The molecule has 1 N–H and O–H groups in total. The normalized spacial score (nSPS) is 40.4. The third-order valence-corrected chi connectivity index (χ3v) is 5.04. The van der Waals surface area contributed by atoms with E-state index in [9.17, 15) is 0 Å². The predicted molar refractivity (Wildman–Crippen MR) is 74.3 cm³/mol. The molecule has 0 aromatic carbocycles. The lowest BCUT2D eigenvalue weighted by atomic mass is 9.84. The number of likely N-dealkylation sites (tertiary alicyclic amines) is 1. The van der Waals surface area contributed by atoms with E-state index < -0.39 is 0 Å². The van der Waals surface area contributed by atoms with Gasteiger partial charge in [-0.1, -0.05) is 26.7 Å². The van der Waals surface area contributed by atoms with E-state index >= 15 is 0 Å². The largest absolute Gasteiger partial charge is 0.313 e. The highest BCUT2D eigenvalue weighted by molar-refractivity contribution is 4.92. The second-order valence-corrected chi connectivity index (χ2v) is 6.11. The zero-order valence-electron chi connectivity index (χ0n) is 11.9. The van der Waals surface area contributed by atoms with Crippen LogP contribution in [-0.2, 0) is 0 Å². The molecule has 2 heteroatoms. The van der Waals surface area contributed by atoms with Crippen LogP contribution in [-0.4, -0.2) is 36.1 Å². The van der Waals surface area contributed by atoms with Crippen molar-refractivity contribution in [1.82, 2.24) is 10.2 Å². The summed E-state index contributed by atoms with van der Waals surface area (Å²) in [7, 11) is 0. The summed E-state index contributed by atoms with van der Waals surface area (Å²) in [4.78, 5) is 2.82. The molecule has 100 valence electrons. The average Bonchev–Trinajstić information content (AvgIpc) is 2.34. The number of piperidine rings is 1. The zero-order valence-corrected chi connectivity index (χ0v) is 11.9. The molecule has 1 aliphatic carbocycles. The number of rotatable bonds is 3. The van der Waals surface area contributed by atoms with E-state index in [1.54, 1.807) is 0 Å². The van der Waals surface area contributed by atoms with Gasteiger partial charge in [-0.05, 0) is 51.6 Å². The summed E-state index contributed by atoms with van der Waals surface area (Å²) in [6, 6.07) is 2.34. The van der Waals surface area contributed by atoms with E-state index in [1.165, 1.54) is 45.1 Å². The van der Waals surface area contributed by atoms with Gasteiger partial charge in [-0.15, -0.1) is 0 Å². The first-order valence-electron chi connectivity index (χ1n) is 7.73. The highest BCUT2D eigenvalue weighted by atomic mass is 15.2. The molecular formula is C15H30N2. The Hall–Kier alpha value is -0.0800. The molecule has 4 unspecified atom stereocenters. The molecule has 0 bridgehead atoms. The maximum Gasteiger partial charge on any atom is 0.0252 e. The number of hydrogen-bond donors (Lipinski definition) is 1. The Kier molecular flexibility index (Phi) is 4.87. The molecule has 0 radical (unpaired) electrons. The first-order chi connectivity index (χ1) is 8.24. The first kappa shape index (κ1) is 13.4. The molecular weight excluding hydrogens is 208 g/mol. The molecule has 1 aliphatic heterocycles. The Labute approximate surface area is 107 Å². The van der Waals surface area contributed by atoms with Crippen molar-refractivity contribution in [2.45, 2.75) is 77.4 Å². The summed E-state index contributed by atoms with van der Waals surface area (Å²) in [6.07, 6.45) is 8.48. The van der Waals surface area contributed by atoms with Gasteiger partial charge in [-0.2, -0.15) is 0 Å². The lowest BCUT2D eigenvalue weighted by molar-refractivity contribution is 0.0336. The average molecular weight is 238 g/mol. The van der Waals surface area contributed by atoms with Crippen molar-refractivity contribution in [2.75, 3.05) is 13.1 Å². The molecule has 0 spiro atoms. The molecule has 17 heavy (non-hydrogen) atoms. The van der Waals surface area contributed by atoms with Crippen LogP contribution in [0.15, 0.2) is 0 Å². The maximum absolute atomic E-state index is 3.73. The van der Waals surface area contributed by atoms with E-state index in [-0.39, 0.29) is 0 Å². The summed E-state index contributed by atoms with van der Waals surface area (Å²) in [5.41, 5.74) is 0. The number of nitrogens with one attached hydrogen (secondary N) is 1. The Morgan fingerprint density at radius 2 is 1.82 bits per heavy atom. The lowest BCUT2D eigenvalue weighted by Gasteiger charge is -2.47. The molecule has 0 aromatic heterocycles. The monoisotopic (exact) mass is 238 g/mol. The van der Waals surface area contributed by atoms with Crippen molar-refractivity contribution in [3.63, 3.8) is 0 Å². The van der Waals surface area contributed by atoms with Crippen LogP contribution in [0.1, 0.15) is 59.3 Å². The molecule has 2 fully saturated rings. The highest BCUT2D eigenvalue weighted by Gasteiger charge is 2.35. The summed E-state index contributed by atoms with van der Waals surface area (Å²) in [5.74, 6) is 0.882. The van der Waals surface area contributed by atoms with Crippen LogP contribution >= 0.6 is 0 Å². The molecule has 2 nitrogen and oxygen atoms in total. The topological polar surface area (TPSA) is 15.3 Å². The molecule has 1 heterocycles. The Bertz CT molecular complexity index is 227. The molecule has 1 saturated carbocycles. The van der Waals surface area contributed by atoms with Crippen LogP contribution in [0.3, 0.4) is 0 Å². The van der Waals surface area contributed by atoms with Crippen LogP contribution in [0.5, 0.6) is 0 Å². The minimum Gasteiger partial charge on any atom is -0.313 e. The predicted octanol–water partition coefficient (Wildman–Crippen LogP) is 3.03. The quantitative estimate of drug-likeness (QED) is 0.813. The van der Waals surface area contributed by atoms with Crippen LogP contribution in [0.4, 0.5) is 0 Å². The summed E-state index contributed by atoms with van der Waals surface area (Å²) in [6.45, 7) is 9.58. The van der Waals surface area contributed by atoms with Gasteiger partial charge in [0.15, 0.2) is 0 Å². The van der Waals surface area contributed by atoms with Gasteiger partial charge in [-0.3, -0.25) is 4.90 Å². The SMILES string of the molecule is CCNC1CCCCC1N1CCCC(C)C1C. The third kappa shape index (κ3) is 3.03. The number of hydrogen-bond acceptors (Lipinski definition) is 2. The van der Waals surface area contributed by atoms with Gasteiger partial charge >= 0.3 is 0 Å². The molecule has 2 aliphatic rings. The summed E-state index contributed by atoms with van der Waals surface area (Å²) in [5, 5.41) is 3.73. The van der Waals surface area contributed by atoms with Crippen molar-refractivity contribution >= 4 is 0 Å². The van der Waals surface area contributed by atoms with Crippen LogP contribution in [0, 0.1) is 5.92 Å². The van der Waals surface area contributed by atoms with Crippen LogP contribution in [0.2, 0.25) is 0 Å². The van der Waals surface area contributed by atoms with E-state index in [0.717, 1.165) is 30.6 Å². The van der Waals surface area contributed by atoms with Crippen molar-refractivity contribution in [3.8, 4) is 0 Å². The Morgan fingerprint density at radius 1 is 1.06 bits per heavy atom. The zero-order chi connectivity index (χ0) is 12.3. The van der Waals surface area contributed by atoms with Crippen molar-refractivity contribution in [3.05, 3.63) is 0 Å². The van der Waals surface area contributed by atoms with Gasteiger partial charge in [0, 0.05) is 18.1 Å². The minimum atomic E-state index is 0.751. The summed E-state index contributed by atoms with van der Waals surface area (Å²) >= 11 is 0. The van der Waals surface area contributed by atoms with Crippen LogP contribution < -0.4 is 5.32 Å². The highest BCUT2D eigenvalue weighted by Crippen LogP contribution is 2.31. The van der Waals surface area contributed by atoms with Gasteiger partial charge in [0.05, 0.1) is 0 Å². The van der Waals surface area contributed by atoms with Crippen molar-refractivity contribution in [2.24, 2.45) is 5.92 Å². The van der Waals surface area contributed by atoms with Crippen molar-refractivity contribution < 1.29 is 0 Å². The molecule has 2 rings (SSSR count). The van der Waals surface area contributed by atoms with Gasteiger partial charge in [0.2, 0.25) is 0 Å². The van der Waals surface area contributed by atoms with E-state index in [0.29, 0.717) is 0 Å². The second-order valence-electron chi connectivity index (χ2n) is 6.11. The fraction of sp³-hybridized carbons (Fsp3) is 1.00. The van der Waals surface area contributed by atoms with E-state index in [2.05, 4.69) is 31.0 Å². The Balaban J connectivity index is 2.01. The van der Waals surface area contributed by atoms with Gasteiger partial charge < -0.3 is 5.32 Å². The number of nitrogens with zero attached hydrogens (tertiary/aromatic N) is 1. The summed E-state index contributed by atoms with van der Waals surface area (Å²) < 4.78 is 0. The molecule has 0 aromatic rings. The lowest BCUT2D eigenvalue weighted by Crippen LogP contribution is -2.57. The second kappa shape index (κ2) is 6.19. The van der Waals surface area contributed by atoms with Gasteiger partial charge in [-0.25, -0.2) is 0 Å². The maximum atomic E-state index is 3.73. The Morgan fingerprint density at radius 3 is 2.59 bits per heavy atom. The van der Waals surface area contributed by atoms with Gasteiger partial charge in [0.25, 0.3) is 0 Å². The fourth-order valence-corrected chi connectivity index (χ4v) is 3.84. The first-order valence-corrected chi connectivity index (χ1v) is 7.73. The molecule has 4 atom stereocenters. The van der Waals surface area contributed by atoms with E-state index in [4.69, 9.17) is 0 Å². The number of likely N-dealkylation sites (N-methyl/N-ethyl adjacent to an activating group) is 1. The van der Waals surface area contributed by atoms with E-state index in [1.807, 2.05) is 0 Å².